The lowest BCUT2D eigenvalue weighted by molar-refractivity contribution is -0.136. The number of carbonyl (C=O) groups excluding carboxylic acids is 1. The SMILES string of the molecule is C=C(C)/C=C(/OC)C(=C)C(=O)OC. The molecule has 0 aliphatic carbocycles. The van der Waals surface area contributed by atoms with Crippen LogP contribution in [0, 0.1) is 0 Å². The number of carbonyl (C=O) groups is 1. The second kappa shape index (κ2) is 5.19. The number of rotatable bonds is 4. The van der Waals surface area contributed by atoms with Crippen molar-refractivity contribution in [2.45, 2.75) is 6.92 Å². The number of methoxy groups -OCH3 is 2. The molecular formula is C10H14O3. The lowest BCUT2D eigenvalue weighted by Gasteiger charge is -2.07. The van der Waals surface area contributed by atoms with Crippen molar-refractivity contribution in [1.82, 2.24) is 0 Å². The van der Waals surface area contributed by atoms with E-state index in [4.69, 9.17) is 4.74 Å². The Kier molecular flexibility index (Phi) is 4.59. The molecular weight excluding hydrogens is 168 g/mol. The number of hydrogen-bond acceptors (Lipinski definition) is 3. The minimum Gasteiger partial charge on any atom is -0.496 e. The van der Waals surface area contributed by atoms with Crippen LogP contribution in [0.5, 0.6) is 0 Å². The molecule has 0 radical (unpaired) electrons. The monoisotopic (exact) mass is 182 g/mol. The third-order valence-electron chi connectivity index (χ3n) is 1.33. The van der Waals surface area contributed by atoms with Gasteiger partial charge in [0.2, 0.25) is 0 Å². The van der Waals surface area contributed by atoms with Gasteiger partial charge in [-0.25, -0.2) is 4.79 Å². The molecule has 0 aromatic rings. The Morgan fingerprint density at radius 3 is 2.08 bits per heavy atom. The highest BCUT2D eigenvalue weighted by atomic mass is 16.5. The molecule has 0 unspecified atom stereocenters. The Bertz CT molecular complexity index is 261. The van der Waals surface area contributed by atoms with Crippen LogP contribution in [0.4, 0.5) is 0 Å². The highest BCUT2D eigenvalue weighted by Gasteiger charge is 2.12. The maximum absolute atomic E-state index is 11.0. The van der Waals surface area contributed by atoms with Gasteiger partial charge in [0.1, 0.15) is 5.76 Å². The van der Waals surface area contributed by atoms with E-state index in [-0.39, 0.29) is 5.57 Å². The van der Waals surface area contributed by atoms with E-state index in [1.54, 1.807) is 13.0 Å². The standard InChI is InChI=1S/C10H14O3/c1-7(2)6-9(12-4)8(3)10(11)13-5/h6H,1,3H2,2,4-5H3/b9-6+. The van der Waals surface area contributed by atoms with Crippen LogP contribution in [0.3, 0.4) is 0 Å². The second-order valence-corrected chi connectivity index (χ2v) is 2.53. The zero-order chi connectivity index (χ0) is 10.4. The van der Waals surface area contributed by atoms with E-state index < -0.39 is 5.97 Å². The van der Waals surface area contributed by atoms with E-state index in [9.17, 15) is 4.79 Å². The van der Waals surface area contributed by atoms with E-state index in [0.29, 0.717) is 5.76 Å². The fourth-order valence-electron chi connectivity index (χ4n) is 0.717. The predicted octanol–water partition coefficient (Wildman–Crippen LogP) is 1.82. The fourth-order valence-corrected chi connectivity index (χ4v) is 0.717. The van der Waals surface area contributed by atoms with Crippen LogP contribution in [0.15, 0.2) is 36.1 Å². The minimum atomic E-state index is -0.505. The van der Waals surface area contributed by atoms with Gasteiger partial charge in [-0.2, -0.15) is 0 Å². The molecule has 0 aliphatic heterocycles. The summed E-state index contributed by atoms with van der Waals surface area (Å²) in [6.07, 6.45) is 1.62. The molecule has 72 valence electrons. The van der Waals surface area contributed by atoms with E-state index in [1.807, 2.05) is 0 Å². The first-order valence-corrected chi connectivity index (χ1v) is 3.71. The highest BCUT2D eigenvalue weighted by Crippen LogP contribution is 2.12. The lowest BCUT2D eigenvalue weighted by atomic mass is 10.2. The fraction of sp³-hybridized carbons (Fsp3) is 0.300. The summed E-state index contributed by atoms with van der Waals surface area (Å²) in [4.78, 5) is 11.0. The Morgan fingerprint density at radius 2 is 1.77 bits per heavy atom. The van der Waals surface area contributed by atoms with Crippen LogP contribution in [-0.4, -0.2) is 20.2 Å². The molecule has 0 aliphatic rings. The molecule has 3 nitrogen and oxygen atoms in total. The Morgan fingerprint density at radius 1 is 1.23 bits per heavy atom. The first-order valence-electron chi connectivity index (χ1n) is 3.71. The van der Waals surface area contributed by atoms with Crippen molar-refractivity contribution >= 4 is 5.97 Å². The van der Waals surface area contributed by atoms with E-state index in [0.717, 1.165) is 5.57 Å². The predicted molar refractivity (Wildman–Crippen MR) is 51.1 cm³/mol. The first kappa shape index (κ1) is 11.5. The average molecular weight is 182 g/mol. The minimum absolute atomic E-state index is 0.188. The molecule has 0 atom stereocenters. The van der Waals surface area contributed by atoms with Crippen LogP contribution in [0.2, 0.25) is 0 Å². The molecule has 0 heterocycles. The van der Waals surface area contributed by atoms with Crippen molar-refractivity contribution in [3.05, 3.63) is 36.1 Å². The molecule has 0 amide bonds. The van der Waals surface area contributed by atoms with Crippen LogP contribution >= 0.6 is 0 Å². The van der Waals surface area contributed by atoms with Crippen molar-refractivity contribution < 1.29 is 14.3 Å². The molecule has 0 aromatic heterocycles. The van der Waals surface area contributed by atoms with E-state index >= 15 is 0 Å². The molecule has 0 saturated carbocycles. The van der Waals surface area contributed by atoms with Crippen LogP contribution in [0.25, 0.3) is 0 Å². The number of hydrogen-bond donors (Lipinski definition) is 0. The molecule has 3 heteroatoms. The highest BCUT2D eigenvalue weighted by molar-refractivity contribution is 5.92. The average Bonchev–Trinajstić information content (AvgIpc) is 2.11. The van der Waals surface area contributed by atoms with Gasteiger partial charge in [0.15, 0.2) is 0 Å². The number of allylic oxidation sites excluding steroid dienone is 2. The van der Waals surface area contributed by atoms with Crippen molar-refractivity contribution in [2.75, 3.05) is 14.2 Å². The Balaban J connectivity index is 4.69. The summed E-state index contributed by atoms with van der Waals surface area (Å²) in [7, 11) is 2.75. The summed E-state index contributed by atoms with van der Waals surface area (Å²) in [5, 5.41) is 0. The quantitative estimate of drug-likeness (QED) is 0.288. The summed E-state index contributed by atoms with van der Waals surface area (Å²) in [6, 6.07) is 0. The van der Waals surface area contributed by atoms with Gasteiger partial charge in [0.05, 0.1) is 19.8 Å². The molecule has 0 spiro atoms. The van der Waals surface area contributed by atoms with Crippen molar-refractivity contribution in [1.29, 1.82) is 0 Å². The maximum atomic E-state index is 11.0. The van der Waals surface area contributed by atoms with E-state index in [1.165, 1.54) is 14.2 Å². The van der Waals surface area contributed by atoms with Gasteiger partial charge in [0, 0.05) is 0 Å². The van der Waals surface area contributed by atoms with Crippen LogP contribution in [0.1, 0.15) is 6.92 Å². The molecule has 0 rings (SSSR count). The van der Waals surface area contributed by atoms with Crippen LogP contribution in [-0.2, 0) is 14.3 Å². The van der Waals surface area contributed by atoms with Crippen molar-refractivity contribution in [3.8, 4) is 0 Å². The zero-order valence-corrected chi connectivity index (χ0v) is 8.22. The second-order valence-electron chi connectivity index (χ2n) is 2.53. The zero-order valence-electron chi connectivity index (χ0n) is 8.22. The largest absolute Gasteiger partial charge is 0.496 e. The number of esters is 1. The molecule has 13 heavy (non-hydrogen) atoms. The summed E-state index contributed by atoms with van der Waals surface area (Å²) in [6.45, 7) is 9.00. The smallest absolute Gasteiger partial charge is 0.341 e. The summed E-state index contributed by atoms with van der Waals surface area (Å²) < 4.78 is 9.43. The maximum Gasteiger partial charge on any atom is 0.341 e. The molecule has 0 saturated heterocycles. The number of ether oxygens (including phenoxy) is 2. The Labute approximate surface area is 78.3 Å². The molecule has 0 fully saturated rings. The third kappa shape index (κ3) is 3.60. The van der Waals surface area contributed by atoms with Gasteiger partial charge in [-0.05, 0) is 13.0 Å². The Hall–Kier alpha value is -1.51. The third-order valence-corrected chi connectivity index (χ3v) is 1.33. The van der Waals surface area contributed by atoms with Crippen LogP contribution < -0.4 is 0 Å². The van der Waals surface area contributed by atoms with Crippen molar-refractivity contribution in [3.63, 3.8) is 0 Å². The molecule has 0 bridgehead atoms. The first-order chi connectivity index (χ1) is 6.02. The summed E-state index contributed by atoms with van der Waals surface area (Å²) in [5.41, 5.74) is 0.968. The van der Waals surface area contributed by atoms with Crippen molar-refractivity contribution in [2.24, 2.45) is 0 Å². The van der Waals surface area contributed by atoms with Gasteiger partial charge in [-0.3, -0.25) is 0 Å². The molecule has 0 aromatic carbocycles. The normalized spacial score (nSPS) is 10.5. The molecule has 0 N–H and O–H groups in total. The topological polar surface area (TPSA) is 35.5 Å². The van der Waals surface area contributed by atoms with Gasteiger partial charge in [-0.15, -0.1) is 0 Å². The lowest BCUT2D eigenvalue weighted by Crippen LogP contribution is -2.07. The summed E-state index contributed by atoms with van der Waals surface area (Å²) >= 11 is 0. The van der Waals surface area contributed by atoms with Gasteiger partial charge < -0.3 is 9.47 Å². The van der Waals surface area contributed by atoms with E-state index in [2.05, 4.69) is 17.9 Å². The van der Waals surface area contributed by atoms with Gasteiger partial charge in [0.25, 0.3) is 0 Å². The van der Waals surface area contributed by atoms with Gasteiger partial charge in [-0.1, -0.05) is 18.7 Å². The summed E-state index contributed by atoms with van der Waals surface area (Å²) in [5.74, 6) is -0.131. The van der Waals surface area contributed by atoms with Gasteiger partial charge >= 0.3 is 5.97 Å².